The molecular weight excluding hydrogens is 652 g/mol. The molecule has 0 aliphatic carbocycles. The number of anilines is 3. The second-order valence-corrected chi connectivity index (χ2v) is 13.9. The molecule has 0 bridgehead atoms. The Balaban J connectivity index is 1.02. The van der Waals surface area contributed by atoms with Crippen LogP contribution in [0.2, 0.25) is 0 Å². The van der Waals surface area contributed by atoms with Crippen molar-refractivity contribution in [3.05, 3.63) is 120 Å². The van der Waals surface area contributed by atoms with Crippen LogP contribution in [0.25, 0.3) is 12.2 Å². The van der Waals surface area contributed by atoms with Crippen LogP contribution >= 0.6 is 0 Å². The molecule has 4 amide bonds. The van der Waals surface area contributed by atoms with Crippen molar-refractivity contribution in [3.8, 4) is 0 Å². The smallest absolute Gasteiger partial charge is 0.319 e. The van der Waals surface area contributed by atoms with Gasteiger partial charge in [-0.3, -0.25) is 19.2 Å². The number of amides is 4. The molecule has 6 rings (SSSR count). The van der Waals surface area contributed by atoms with Gasteiger partial charge in [0.2, 0.25) is 11.8 Å². The summed E-state index contributed by atoms with van der Waals surface area (Å²) < 4.78 is 1.94. The molecular formula is C42H47N6O4+. The van der Waals surface area contributed by atoms with E-state index < -0.39 is 12.1 Å². The second kappa shape index (κ2) is 16.1. The Bertz CT molecular complexity index is 1810. The molecule has 52 heavy (non-hydrogen) atoms. The molecule has 2 atom stereocenters. The number of rotatable bonds is 10. The highest BCUT2D eigenvalue weighted by Gasteiger charge is 2.38. The zero-order valence-electron chi connectivity index (χ0n) is 30.3. The average Bonchev–Trinajstić information content (AvgIpc) is 3.86. The number of likely N-dealkylation sites (tertiary alicyclic amines) is 2. The third-order valence-corrected chi connectivity index (χ3v) is 9.74. The van der Waals surface area contributed by atoms with Gasteiger partial charge in [0.05, 0.1) is 5.56 Å². The van der Waals surface area contributed by atoms with Crippen molar-refractivity contribution in [2.75, 3.05) is 42.7 Å². The second-order valence-electron chi connectivity index (χ2n) is 13.9. The van der Waals surface area contributed by atoms with Crippen molar-refractivity contribution >= 4 is 52.8 Å². The number of nitrogens with one attached hydrogen (secondary N) is 2. The van der Waals surface area contributed by atoms with E-state index >= 15 is 0 Å². The van der Waals surface area contributed by atoms with Crippen LogP contribution in [0.1, 0.15) is 77.5 Å². The van der Waals surface area contributed by atoms with Gasteiger partial charge in [-0.15, -0.1) is 0 Å². The Hall–Kier alpha value is -5.77. The van der Waals surface area contributed by atoms with E-state index in [9.17, 15) is 19.2 Å². The van der Waals surface area contributed by atoms with E-state index in [0.29, 0.717) is 48.6 Å². The number of benzene rings is 3. The molecule has 2 N–H and O–H groups in total. The molecule has 0 unspecified atom stereocenters. The van der Waals surface area contributed by atoms with Crippen LogP contribution in [0.15, 0.2) is 97.2 Å². The fraction of sp³-hybridized carbons (Fsp3) is 0.310. The van der Waals surface area contributed by atoms with Gasteiger partial charge in [-0.25, -0.2) is 0 Å². The lowest BCUT2D eigenvalue weighted by Crippen LogP contribution is -2.49. The monoisotopic (exact) mass is 699 g/mol. The van der Waals surface area contributed by atoms with Gasteiger partial charge in [0.15, 0.2) is 12.2 Å². The lowest BCUT2D eigenvalue weighted by Gasteiger charge is -2.26. The minimum Gasteiger partial charge on any atom is -0.377 e. The molecule has 268 valence electrons. The molecule has 1 aromatic heterocycles. The number of carbonyl (C=O) groups is 4. The van der Waals surface area contributed by atoms with E-state index in [1.54, 1.807) is 9.80 Å². The fourth-order valence-corrected chi connectivity index (χ4v) is 7.00. The molecule has 2 saturated heterocycles. The summed E-state index contributed by atoms with van der Waals surface area (Å²) in [6.45, 7) is 5.16. The van der Waals surface area contributed by atoms with Crippen molar-refractivity contribution in [2.45, 2.75) is 57.7 Å². The van der Waals surface area contributed by atoms with Gasteiger partial charge in [-0.05, 0) is 93.1 Å². The molecule has 0 radical (unpaired) electrons. The molecule has 2 aliphatic rings. The SMILES string of the molecule is CC(C)[n+]1ccccc1C(=O)N1CCC[C@H]1C(=O)Nc1ccc(/C=C/c2ccc(NC(=O)[C@@H]3CCCN3C(=O)c3ccccc3N(C)C)cc2)cc1. The Labute approximate surface area is 305 Å². The van der Waals surface area contributed by atoms with Crippen LogP contribution in [0.5, 0.6) is 0 Å². The first-order chi connectivity index (χ1) is 25.1. The fourth-order valence-electron chi connectivity index (χ4n) is 7.00. The summed E-state index contributed by atoms with van der Waals surface area (Å²) in [6.07, 6.45) is 8.66. The topological polar surface area (TPSA) is 106 Å². The number of aromatic nitrogens is 1. The maximum absolute atomic E-state index is 13.5. The molecule has 2 aliphatic heterocycles. The van der Waals surface area contributed by atoms with E-state index in [4.69, 9.17) is 0 Å². The predicted octanol–water partition coefficient (Wildman–Crippen LogP) is 6.28. The summed E-state index contributed by atoms with van der Waals surface area (Å²) in [5, 5.41) is 6.00. The van der Waals surface area contributed by atoms with Crippen LogP contribution < -0.4 is 20.1 Å². The summed E-state index contributed by atoms with van der Waals surface area (Å²) in [7, 11) is 3.81. The maximum atomic E-state index is 13.5. The zero-order valence-corrected chi connectivity index (χ0v) is 30.3. The first kappa shape index (κ1) is 36.0. The average molecular weight is 700 g/mol. The maximum Gasteiger partial charge on any atom is 0.319 e. The molecule has 0 spiro atoms. The number of hydrogen-bond acceptors (Lipinski definition) is 5. The lowest BCUT2D eigenvalue weighted by molar-refractivity contribution is -0.718. The zero-order chi connectivity index (χ0) is 36.8. The number of carbonyl (C=O) groups excluding carboxylic acids is 4. The highest BCUT2D eigenvalue weighted by Crippen LogP contribution is 2.27. The van der Waals surface area contributed by atoms with Gasteiger partial charge in [0.25, 0.3) is 11.6 Å². The standard InChI is InChI=1S/C42H46N6O4/c1-29(2)46-26-8-7-13-38(46)42(52)48-28-10-15-37(48)40(50)44-33-24-20-31(21-25-33)17-16-30-18-22-32(23-19-30)43-39(49)36-14-9-27-47(36)41(51)34-11-5-6-12-35(34)45(3)4/h5-8,11-13,16-26,29,36-37,52H,9-10,14-15,27-28H2,1-4H3/p+1/t36-,37-/m0/s1. The summed E-state index contributed by atoms with van der Waals surface area (Å²) in [5.41, 5.74) is 5.25. The molecule has 2 fully saturated rings. The van der Waals surface area contributed by atoms with E-state index in [1.807, 2.05) is 147 Å². The van der Waals surface area contributed by atoms with Gasteiger partial charge in [-0.2, -0.15) is 4.57 Å². The molecule has 3 aromatic carbocycles. The summed E-state index contributed by atoms with van der Waals surface area (Å²) >= 11 is 0. The molecule has 10 nitrogen and oxygen atoms in total. The van der Waals surface area contributed by atoms with Gasteiger partial charge in [-0.1, -0.05) is 48.6 Å². The Morgan fingerprint density at radius 1 is 0.692 bits per heavy atom. The Kier molecular flexibility index (Phi) is 11.1. The molecule has 10 heteroatoms. The third-order valence-electron chi connectivity index (χ3n) is 9.74. The number of nitrogens with zero attached hydrogens (tertiary/aromatic N) is 4. The van der Waals surface area contributed by atoms with Crippen LogP contribution in [0.4, 0.5) is 17.1 Å². The third kappa shape index (κ3) is 8.07. The van der Waals surface area contributed by atoms with Crippen molar-refractivity contribution in [3.63, 3.8) is 0 Å². The summed E-state index contributed by atoms with van der Waals surface area (Å²) in [6, 6.07) is 27.3. The highest BCUT2D eigenvalue weighted by molar-refractivity contribution is 6.04. The largest absolute Gasteiger partial charge is 0.377 e. The molecule has 4 aromatic rings. The van der Waals surface area contributed by atoms with Crippen LogP contribution in [-0.4, -0.2) is 72.7 Å². The van der Waals surface area contributed by atoms with E-state index in [1.165, 1.54) is 0 Å². The number of para-hydroxylation sites is 1. The van der Waals surface area contributed by atoms with Gasteiger partial charge in [0.1, 0.15) is 12.1 Å². The number of pyridine rings is 1. The predicted molar refractivity (Wildman–Crippen MR) is 205 cm³/mol. The minimum atomic E-state index is -0.527. The van der Waals surface area contributed by atoms with Crippen LogP contribution in [-0.2, 0) is 9.59 Å². The van der Waals surface area contributed by atoms with Gasteiger partial charge < -0.3 is 25.3 Å². The molecule has 0 saturated carbocycles. The summed E-state index contributed by atoms with van der Waals surface area (Å²) in [5.74, 6) is -0.632. The number of hydrogen-bond donors (Lipinski definition) is 2. The summed E-state index contributed by atoms with van der Waals surface area (Å²) in [4.78, 5) is 58.9. The quantitative estimate of drug-likeness (QED) is 0.150. The Morgan fingerprint density at radius 3 is 1.71 bits per heavy atom. The van der Waals surface area contributed by atoms with Crippen molar-refractivity contribution < 1.29 is 23.7 Å². The van der Waals surface area contributed by atoms with Crippen LogP contribution in [0, 0.1) is 0 Å². The Morgan fingerprint density at radius 2 is 1.19 bits per heavy atom. The first-order valence-corrected chi connectivity index (χ1v) is 18.0. The van der Waals surface area contributed by atoms with Gasteiger partial charge in [0, 0.05) is 56.4 Å². The lowest BCUT2D eigenvalue weighted by atomic mass is 10.1. The normalized spacial score (nSPS) is 17.1. The van der Waals surface area contributed by atoms with Crippen molar-refractivity contribution in [1.82, 2.24) is 9.80 Å². The first-order valence-electron chi connectivity index (χ1n) is 18.0. The van der Waals surface area contributed by atoms with E-state index in [0.717, 1.165) is 29.7 Å². The van der Waals surface area contributed by atoms with Crippen molar-refractivity contribution in [1.29, 1.82) is 0 Å². The van der Waals surface area contributed by atoms with E-state index in [-0.39, 0.29) is 29.7 Å². The van der Waals surface area contributed by atoms with Crippen molar-refractivity contribution in [2.24, 2.45) is 0 Å². The van der Waals surface area contributed by atoms with Crippen LogP contribution in [0.3, 0.4) is 0 Å². The van der Waals surface area contributed by atoms with Gasteiger partial charge >= 0.3 is 5.91 Å². The highest BCUT2D eigenvalue weighted by atomic mass is 16.2. The minimum absolute atomic E-state index is 0.125. The molecule has 3 heterocycles. The van der Waals surface area contributed by atoms with E-state index in [2.05, 4.69) is 10.6 Å².